The predicted molar refractivity (Wildman–Crippen MR) is 144 cm³/mol. The second-order valence-corrected chi connectivity index (χ2v) is 10.7. The molecule has 1 aromatic heterocycles. The maximum atomic E-state index is 14.4. The molecule has 2 aromatic carbocycles. The van der Waals surface area contributed by atoms with Crippen LogP contribution in [0.2, 0.25) is 0 Å². The van der Waals surface area contributed by atoms with E-state index in [9.17, 15) is 32.3 Å². The van der Waals surface area contributed by atoms with Crippen LogP contribution in [-0.2, 0) is 9.59 Å². The zero-order valence-corrected chi connectivity index (χ0v) is 23.1. The van der Waals surface area contributed by atoms with E-state index < -0.39 is 59.1 Å². The lowest BCUT2D eigenvalue weighted by Crippen LogP contribution is -2.60. The number of urea groups is 1. The number of amides is 5. The molecule has 3 heterocycles. The number of ether oxygens (including phenoxy) is 1. The molecule has 0 radical (unpaired) electrons. The lowest BCUT2D eigenvalue weighted by atomic mass is 9.85. The fourth-order valence-corrected chi connectivity index (χ4v) is 5.57. The van der Waals surface area contributed by atoms with Crippen molar-refractivity contribution < 1.29 is 37.1 Å². The number of benzene rings is 2. The molecule has 0 aliphatic carbocycles. The van der Waals surface area contributed by atoms with Gasteiger partial charge in [0.2, 0.25) is 5.91 Å². The molecule has 1 spiro atoms. The zero-order valence-electron chi connectivity index (χ0n) is 23.1. The summed E-state index contributed by atoms with van der Waals surface area (Å²) in [5.74, 6) is -3.58. The number of fused-ring (bicyclic) bond motifs is 1. The van der Waals surface area contributed by atoms with Crippen molar-refractivity contribution in [3.05, 3.63) is 54.0 Å². The number of aromatic nitrogens is 2. The highest BCUT2D eigenvalue weighted by Gasteiger charge is 2.58. The van der Waals surface area contributed by atoms with Crippen molar-refractivity contribution >= 4 is 40.3 Å². The van der Waals surface area contributed by atoms with Crippen LogP contribution in [0.15, 0.2) is 42.6 Å². The van der Waals surface area contributed by atoms with Gasteiger partial charge in [0.1, 0.15) is 23.1 Å². The first-order chi connectivity index (χ1) is 19.9. The van der Waals surface area contributed by atoms with Gasteiger partial charge in [-0.2, -0.15) is 13.9 Å². The van der Waals surface area contributed by atoms with Crippen LogP contribution < -0.4 is 15.0 Å². The zero-order chi connectivity index (χ0) is 30.3. The summed E-state index contributed by atoms with van der Waals surface area (Å²) in [6.45, 7) is 0.457. The molecule has 3 aromatic rings. The van der Waals surface area contributed by atoms with Crippen molar-refractivity contribution in [2.45, 2.75) is 44.9 Å². The van der Waals surface area contributed by atoms with Crippen LogP contribution in [0.5, 0.6) is 5.75 Å². The molecular weight excluding hydrogens is 557 g/mol. The Morgan fingerprint density at radius 1 is 1.10 bits per heavy atom. The van der Waals surface area contributed by atoms with E-state index in [2.05, 4.69) is 20.3 Å². The molecule has 5 rings (SSSR count). The molecule has 1 unspecified atom stereocenters. The number of nitrogens with one attached hydrogen (secondary N) is 2. The first-order valence-corrected chi connectivity index (χ1v) is 13.3. The van der Waals surface area contributed by atoms with Gasteiger partial charge < -0.3 is 15.0 Å². The van der Waals surface area contributed by atoms with E-state index in [1.165, 1.54) is 16.8 Å². The third-order valence-corrected chi connectivity index (χ3v) is 7.82. The lowest BCUT2D eigenvalue weighted by molar-refractivity contribution is -0.139. The Morgan fingerprint density at radius 3 is 2.48 bits per heavy atom. The summed E-state index contributed by atoms with van der Waals surface area (Å²) in [5.41, 5.74) is -0.453. The second-order valence-electron chi connectivity index (χ2n) is 10.7. The van der Waals surface area contributed by atoms with Crippen molar-refractivity contribution in [2.24, 2.45) is 5.92 Å². The molecule has 11 nitrogen and oxygen atoms in total. The van der Waals surface area contributed by atoms with E-state index in [1.54, 1.807) is 38.2 Å². The largest absolute Gasteiger partial charge is 0.435 e. The smallest absolute Gasteiger partial charge is 0.387 e. The summed E-state index contributed by atoms with van der Waals surface area (Å²) < 4.78 is 43.9. The molecule has 42 heavy (non-hydrogen) atoms. The molecule has 2 fully saturated rings. The van der Waals surface area contributed by atoms with Gasteiger partial charge in [-0.05, 0) is 55.2 Å². The number of carbonyl (C=O) groups is 4. The van der Waals surface area contributed by atoms with Gasteiger partial charge in [0.05, 0.1) is 17.3 Å². The van der Waals surface area contributed by atoms with E-state index >= 15 is 0 Å². The standard InChI is InChI=1S/C28H29F3N6O5/c1-15(2)22(33-23(38)19-13-18(42-26(30)31)5-6-20(19)29)24(39)36-10-8-28(9-11-36)25(40)35(3)27(41)37(28)17-4-7-21-16(12-17)14-32-34-21/h4-7,12-15,22,26H,8-11H2,1-3H3,(H,32,34)(H,33,38). The molecule has 2 aliphatic heterocycles. The number of likely N-dealkylation sites (N-methyl/N-ethyl adjacent to an activating group) is 1. The number of nitrogens with zero attached hydrogens (tertiary/aromatic N) is 4. The van der Waals surface area contributed by atoms with Crippen LogP contribution in [0, 0.1) is 11.7 Å². The van der Waals surface area contributed by atoms with Gasteiger partial charge in [0.15, 0.2) is 0 Å². The van der Waals surface area contributed by atoms with E-state index in [0.717, 1.165) is 34.0 Å². The summed E-state index contributed by atoms with van der Waals surface area (Å²) in [4.78, 5) is 57.2. The number of hydrogen-bond donors (Lipinski definition) is 2. The third-order valence-electron chi connectivity index (χ3n) is 7.82. The van der Waals surface area contributed by atoms with Crippen LogP contribution in [0.4, 0.5) is 23.7 Å². The Kier molecular flexibility index (Phi) is 7.56. The van der Waals surface area contributed by atoms with Gasteiger partial charge in [0.25, 0.3) is 11.8 Å². The molecule has 0 saturated carbocycles. The number of likely N-dealkylation sites (tertiary alicyclic amines) is 1. The molecule has 0 bridgehead atoms. The van der Waals surface area contributed by atoms with Gasteiger partial charge in [-0.25, -0.2) is 9.18 Å². The number of hydrogen-bond acceptors (Lipinski definition) is 6. The highest BCUT2D eigenvalue weighted by Crippen LogP contribution is 2.41. The molecule has 2 saturated heterocycles. The number of carbonyl (C=O) groups excluding carboxylic acids is 4. The quantitative estimate of drug-likeness (QED) is 0.408. The van der Waals surface area contributed by atoms with Crippen molar-refractivity contribution in [1.29, 1.82) is 0 Å². The van der Waals surface area contributed by atoms with E-state index in [4.69, 9.17) is 0 Å². The SMILES string of the molecule is CC(C)C(NC(=O)c1cc(OC(F)F)ccc1F)C(=O)N1CCC2(CC1)C(=O)N(C)C(=O)N2c1ccc2[nH]ncc2c1. The van der Waals surface area contributed by atoms with Crippen LogP contribution in [0.25, 0.3) is 10.9 Å². The lowest BCUT2D eigenvalue weighted by Gasteiger charge is -2.43. The summed E-state index contributed by atoms with van der Waals surface area (Å²) in [7, 11) is 1.42. The number of piperidine rings is 1. The minimum atomic E-state index is -3.16. The van der Waals surface area contributed by atoms with Crippen LogP contribution in [0.1, 0.15) is 37.0 Å². The third kappa shape index (κ3) is 5.01. The number of imide groups is 1. The maximum absolute atomic E-state index is 14.4. The fraction of sp³-hybridized carbons (Fsp3) is 0.393. The molecule has 14 heteroatoms. The Balaban J connectivity index is 1.34. The van der Waals surface area contributed by atoms with Crippen molar-refractivity contribution in [1.82, 2.24) is 25.3 Å². The number of anilines is 1. The molecule has 2 aliphatic rings. The summed E-state index contributed by atoms with van der Waals surface area (Å²) >= 11 is 0. The summed E-state index contributed by atoms with van der Waals surface area (Å²) in [6.07, 6.45) is 1.92. The first-order valence-electron chi connectivity index (χ1n) is 13.3. The number of alkyl halides is 2. The monoisotopic (exact) mass is 586 g/mol. The van der Waals surface area contributed by atoms with Gasteiger partial charge >= 0.3 is 12.6 Å². The predicted octanol–water partition coefficient (Wildman–Crippen LogP) is 3.52. The maximum Gasteiger partial charge on any atom is 0.387 e. The molecule has 5 amide bonds. The number of H-pyrrole nitrogens is 1. The fourth-order valence-electron chi connectivity index (χ4n) is 5.57. The molecular formula is C28H29F3N6O5. The normalized spacial score (nSPS) is 17.6. The van der Waals surface area contributed by atoms with Crippen LogP contribution in [0.3, 0.4) is 0 Å². The molecule has 2 N–H and O–H groups in total. The van der Waals surface area contributed by atoms with Crippen molar-refractivity contribution in [3.8, 4) is 5.75 Å². The average Bonchev–Trinajstić information content (AvgIpc) is 3.49. The van der Waals surface area contributed by atoms with E-state index in [0.29, 0.717) is 5.69 Å². The second kappa shape index (κ2) is 11.0. The number of rotatable bonds is 7. The summed E-state index contributed by atoms with van der Waals surface area (Å²) in [5, 5.41) is 10.1. The van der Waals surface area contributed by atoms with E-state index in [-0.39, 0.29) is 31.8 Å². The van der Waals surface area contributed by atoms with Gasteiger partial charge in [-0.15, -0.1) is 0 Å². The Hall–Kier alpha value is -4.62. The Morgan fingerprint density at radius 2 is 1.81 bits per heavy atom. The average molecular weight is 587 g/mol. The molecule has 1 atom stereocenters. The number of aromatic amines is 1. The topological polar surface area (TPSA) is 128 Å². The van der Waals surface area contributed by atoms with Gasteiger partial charge in [-0.1, -0.05) is 13.8 Å². The van der Waals surface area contributed by atoms with Crippen LogP contribution >= 0.6 is 0 Å². The highest BCUT2D eigenvalue weighted by molar-refractivity contribution is 6.17. The van der Waals surface area contributed by atoms with Gasteiger partial charge in [0, 0.05) is 31.2 Å². The van der Waals surface area contributed by atoms with Crippen molar-refractivity contribution in [2.75, 3.05) is 25.0 Å². The van der Waals surface area contributed by atoms with Gasteiger partial charge in [-0.3, -0.25) is 29.3 Å². The number of halogens is 3. The molecule has 222 valence electrons. The Labute approximate surface area is 238 Å². The minimum absolute atomic E-state index is 0.112. The van der Waals surface area contributed by atoms with Crippen molar-refractivity contribution in [3.63, 3.8) is 0 Å². The van der Waals surface area contributed by atoms with Crippen LogP contribution in [-0.4, -0.2) is 82.1 Å². The Bertz CT molecular complexity index is 1550. The highest BCUT2D eigenvalue weighted by atomic mass is 19.3. The summed E-state index contributed by atoms with van der Waals surface area (Å²) in [6, 6.07) is 6.36. The minimum Gasteiger partial charge on any atom is -0.435 e. The first kappa shape index (κ1) is 28.9. The van der Waals surface area contributed by atoms with E-state index in [1.807, 2.05) is 0 Å².